The van der Waals surface area contributed by atoms with Crippen LogP contribution >= 0.6 is 0 Å². The summed E-state index contributed by atoms with van der Waals surface area (Å²) < 4.78 is 12.4. The molecule has 2 bridgehead atoms. The average Bonchev–Trinajstić information content (AvgIpc) is 2.91. The molecule has 0 radical (unpaired) electrons. The van der Waals surface area contributed by atoms with Crippen LogP contribution in [-0.4, -0.2) is 30.3 Å². The Morgan fingerprint density at radius 3 is 2.65 bits per heavy atom. The van der Waals surface area contributed by atoms with Crippen LogP contribution in [-0.2, 0) is 25.7 Å². The summed E-state index contributed by atoms with van der Waals surface area (Å²) in [6, 6.07) is 10.0. The topological polar surface area (TPSA) is 56.8 Å². The molecule has 1 amide bonds. The van der Waals surface area contributed by atoms with Crippen LogP contribution in [0.2, 0.25) is 0 Å². The number of rotatable bonds is 5. The van der Waals surface area contributed by atoms with Crippen molar-refractivity contribution in [3.63, 3.8) is 0 Å². The maximum absolute atomic E-state index is 12.6. The Kier molecular flexibility index (Phi) is 3.99. The molecule has 1 heterocycles. The maximum Gasteiger partial charge on any atom is 0.252 e. The lowest BCUT2D eigenvalue weighted by Crippen LogP contribution is -2.55. The van der Waals surface area contributed by atoms with Crippen LogP contribution in [0.25, 0.3) is 0 Å². The zero-order chi connectivity index (χ0) is 16.7. The number of nitrogens with one attached hydrogen (secondary N) is 1. The highest BCUT2D eigenvalue weighted by Gasteiger charge is 2.71. The fourth-order valence-corrected chi connectivity index (χ4v) is 4.20. The minimum Gasteiger partial charge on any atom is -0.371 e. The van der Waals surface area contributed by atoms with Gasteiger partial charge in [-0.3, -0.25) is 9.63 Å². The second-order valence-corrected chi connectivity index (χ2v) is 7.31. The van der Waals surface area contributed by atoms with Crippen molar-refractivity contribution in [2.45, 2.75) is 57.5 Å². The first-order chi connectivity index (χ1) is 10.8. The number of fused-ring (bicyclic) bond motifs is 2. The molecule has 1 aliphatic carbocycles. The summed E-state index contributed by atoms with van der Waals surface area (Å²) >= 11 is 0. The normalized spacial score (nSPS) is 34.5. The number of hydroxylamine groups is 1. The monoisotopic (exact) mass is 319 g/mol. The quantitative estimate of drug-likeness (QED) is 0.848. The Morgan fingerprint density at radius 2 is 2.00 bits per heavy atom. The molecule has 3 rings (SSSR count). The first-order valence-corrected chi connectivity index (χ1v) is 8.02. The van der Waals surface area contributed by atoms with Crippen LogP contribution in [0.15, 0.2) is 30.3 Å². The number of benzene rings is 1. The van der Waals surface area contributed by atoms with Crippen molar-refractivity contribution >= 4 is 5.91 Å². The Labute approximate surface area is 137 Å². The van der Waals surface area contributed by atoms with E-state index in [1.807, 2.05) is 51.1 Å². The van der Waals surface area contributed by atoms with Crippen LogP contribution in [0, 0.1) is 5.41 Å². The highest BCUT2D eigenvalue weighted by molar-refractivity contribution is 5.84. The summed E-state index contributed by atoms with van der Waals surface area (Å²) in [6.07, 6.45) is 1.17. The average molecular weight is 319 g/mol. The lowest BCUT2D eigenvalue weighted by atomic mass is 9.72. The molecule has 126 valence electrons. The predicted octanol–water partition coefficient (Wildman–Crippen LogP) is 2.60. The minimum absolute atomic E-state index is 0.113. The van der Waals surface area contributed by atoms with Gasteiger partial charge >= 0.3 is 0 Å². The Morgan fingerprint density at radius 1 is 1.30 bits per heavy atom. The van der Waals surface area contributed by atoms with Gasteiger partial charge in [0, 0.05) is 0 Å². The molecule has 23 heavy (non-hydrogen) atoms. The third-order valence-electron chi connectivity index (χ3n) is 5.43. The van der Waals surface area contributed by atoms with E-state index in [-0.39, 0.29) is 12.0 Å². The minimum atomic E-state index is -0.626. The summed E-state index contributed by atoms with van der Waals surface area (Å²) in [4.78, 5) is 17.5. The summed E-state index contributed by atoms with van der Waals surface area (Å²) in [5, 5.41) is 0. The molecule has 0 spiro atoms. The van der Waals surface area contributed by atoms with Crippen molar-refractivity contribution in [1.82, 2.24) is 5.48 Å². The standard InChI is InChI=1S/C18H25NO4/c1-16(2)18(15(20)19-21-4)10-14(17(3,12-18)23-16)22-11-13-8-6-5-7-9-13/h5-9,14H,10-12H2,1-4H3,(H,19,20). The van der Waals surface area contributed by atoms with Crippen molar-refractivity contribution in [3.05, 3.63) is 35.9 Å². The molecule has 1 N–H and O–H groups in total. The molecule has 3 atom stereocenters. The van der Waals surface area contributed by atoms with Crippen molar-refractivity contribution in [2.24, 2.45) is 5.41 Å². The van der Waals surface area contributed by atoms with Crippen LogP contribution in [0.4, 0.5) is 0 Å². The molecule has 1 aliphatic heterocycles. The molecule has 1 saturated carbocycles. The van der Waals surface area contributed by atoms with Gasteiger partial charge in [0.05, 0.1) is 36.4 Å². The molecule has 1 aromatic rings. The smallest absolute Gasteiger partial charge is 0.252 e. The molecule has 5 nitrogen and oxygen atoms in total. The molecular formula is C18H25NO4. The van der Waals surface area contributed by atoms with Gasteiger partial charge in [0.25, 0.3) is 5.91 Å². The van der Waals surface area contributed by atoms with Crippen molar-refractivity contribution in [1.29, 1.82) is 0 Å². The number of ether oxygens (including phenoxy) is 2. The molecular weight excluding hydrogens is 294 g/mol. The molecule has 2 aliphatic rings. The van der Waals surface area contributed by atoms with E-state index in [9.17, 15) is 4.79 Å². The van der Waals surface area contributed by atoms with E-state index in [0.717, 1.165) is 5.56 Å². The van der Waals surface area contributed by atoms with E-state index in [1.54, 1.807) is 0 Å². The molecule has 1 saturated heterocycles. The largest absolute Gasteiger partial charge is 0.371 e. The maximum atomic E-state index is 12.6. The second kappa shape index (κ2) is 5.58. The fraction of sp³-hybridized carbons (Fsp3) is 0.611. The number of hydrogen-bond donors (Lipinski definition) is 1. The van der Waals surface area contributed by atoms with Crippen LogP contribution in [0.3, 0.4) is 0 Å². The van der Waals surface area contributed by atoms with Gasteiger partial charge in [0.15, 0.2) is 0 Å². The Balaban J connectivity index is 1.77. The number of hydrogen-bond acceptors (Lipinski definition) is 4. The van der Waals surface area contributed by atoms with Crippen molar-refractivity contribution in [2.75, 3.05) is 7.11 Å². The fourth-order valence-electron chi connectivity index (χ4n) is 4.20. The summed E-state index contributed by atoms with van der Waals surface area (Å²) in [5.41, 5.74) is 1.99. The van der Waals surface area contributed by atoms with E-state index in [0.29, 0.717) is 19.4 Å². The van der Waals surface area contributed by atoms with Gasteiger partial charge in [-0.25, -0.2) is 5.48 Å². The van der Waals surface area contributed by atoms with E-state index in [1.165, 1.54) is 7.11 Å². The third-order valence-corrected chi connectivity index (χ3v) is 5.43. The molecule has 1 aromatic carbocycles. The molecule has 2 fully saturated rings. The summed E-state index contributed by atoms with van der Waals surface area (Å²) in [6.45, 7) is 6.51. The lowest BCUT2D eigenvalue weighted by molar-refractivity contribution is -0.206. The SMILES string of the molecule is CONC(=O)C12CC(OCc3ccccc3)C(C)(C1)OC2(C)C. The molecule has 0 aromatic heterocycles. The van der Waals surface area contributed by atoms with Crippen molar-refractivity contribution in [3.8, 4) is 0 Å². The van der Waals surface area contributed by atoms with Gasteiger partial charge in [0.2, 0.25) is 0 Å². The Bertz CT molecular complexity index is 588. The first-order valence-electron chi connectivity index (χ1n) is 8.02. The Hall–Kier alpha value is -1.43. The molecule has 3 unspecified atom stereocenters. The summed E-state index contributed by atoms with van der Waals surface area (Å²) in [5.74, 6) is -0.125. The van der Waals surface area contributed by atoms with Crippen LogP contribution in [0.1, 0.15) is 39.2 Å². The number of amides is 1. The van der Waals surface area contributed by atoms with Gasteiger partial charge in [-0.05, 0) is 39.2 Å². The zero-order valence-electron chi connectivity index (χ0n) is 14.2. The molecule has 5 heteroatoms. The van der Waals surface area contributed by atoms with Gasteiger partial charge in [-0.2, -0.15) is 0 Å². The third kappa shape index (κ3) is 2.57. The van der Waals surface area contributed by atoms with E-state index >= 15 is 0 Å². The number of carbonyl (C=O) groups is 1. The van der Waals surface area contributed by atoms with E-state index in [2.05, 4.69) is 5.48 Å². The zero-order valence-corrected chi connectivity index (χ0v) is 14.2. The predicted molar refractivity (Wildman–Crippen MR) is 85.4 cm³/mol. The van der Waals surface area contributed by atoms with E-state index < -0.39 is 16.6 Å². The van der Waals surface area contributed by atoms with E-state index in [4.69, 9.17) is 14.3 Å². The number of carbonyl (C=O) groups excluding carboxylic acids is 1. The van der Waals surface area contributed by atoms with Gasteiger partial charge < -0.3 is 9.47 Å². The van der Waals surface area contributed by atoms with Gasteiger partial charge in [-0.1, -0.05) is 30.3 Å². The lowest BCUT2D eigenvalue weighted by Gasteiger charge is -2.44. The first kappa shape index (κ1) is 16.4. The van der Waals surface area contributed by atoms with Gasteiger partial charge in [0.1, 0.15) is 0 Å². The van der Waals surface area contributed by atoms with Crippen LogP contribution in [0.5, 0.6) is 0 Å². The van der Waals surface area contributed by atoms with Crippen molar-refractivity contribution < 1.29 is 19.1 Å². The highest BCUT2D eigenvalue weighted by atomic mass is 16.6. The second-order valence-electron chi connectivity index (χ2n) is 7.31. The highest BCUT2D eigenvalue weighted by Crippen LogP contribution is 2.62. The summed E-state index contributed by atoms with van der Waals surface area (Å²) in [7, 11) is 1.45. The van der Waals surface area contributed by atoms with Gasteiger partial charge in [-0.15, -0.1) is 0 Å². The van der Waals surface area contributed by atoms with Crippen LogP contribution < -0.4 is 5.48 Å².